The summed E-state index contributed by atoms with van der Waals surface area (Å²) in [5.41, 5.74) is 0.481. The molecule has 4 nitrogen and oxygen atoms in total. The minimum Gasteiger partial charge on any atom is -0.463 e. The monoisotopic (exact) mass is 214 g/mol. The molecule has 0 aromatic carbocycles. The van der Waals surface area contributed by atoms with Gasteiger partial charge in [0.25, 0.3) is 0 Å². The third kappa shape index (κ3) is 3.04. The molecule has 0 bridgehead atoms. The lowest BCUT2D eigenvalue weighted by molar-refractivity contribution is -0.138. The summed E-state index contributed by atoms with van der Waals surface area (Å²) in [7, 11) is 0. The minimum atomic E-state index is -0.533. The van der Waals surface area contributed by atoms with Crippen LogP contribution in [0.2, 0.25) is 0 Å². The van der Waals surface area contributed by atoms with Gasteiger partial charge in [-0.25, -0.2) is 4.79 Å². The number of aliphatic hydroxyl groups excluding tert-OH is 1. The zero-order valence-electron chi connectivity index (χ0n) is 9.40. The van der Waals surface area contributed by atoms with Crippen molar-refractivity contribution >= 4 is 5.97 Å². The van der Waals surface area contributed by atoms with Crippen LogP contribution in [0, 0.1) is 5.92 Å². The van der Waals surface area contributed by atoms with Crippen molar-refractivity contribution in [3.05, 3.63) is 11.6 Å². The highest BCUT2D eigenvalue weighted by molar-refractivity contribution is 5.87. The van der Waals surface area contributed by atoms with Gasteiger partial charge in [-0.2, -0.15) is 0 Å². The van der Waals surface area contributed by atoms with Crippen LogP contribution in [0.4, 0.5) is 0 Å². The van der Waals surface area contributed by atoms with Gasteiger partial charge in [0, 0.05) is 11.5 Å². The Bertz CT molecular complexity index is 259. The Morgan fingerprint density at radius 1 is 1.67 bits per heavy atom. The van der Waals surface area contributed by atoms with Crippen LogP contribution < -0.4 is 0 Å². The maximum absolute atomic E-state index is 11.3. The number of hydrogen-bond acceptors (Lipinski definition) is 4. The maximum Gasteiger partial charge on any atom is 0.333 e. The van der Waals surface area contributed by atoms with E-state index in [0.29, 0.717) is 18.8 Å². The van der Waals surface area contributed by atoms with E-state index in [1.807, 2.05) is 6.92 Å². The van der Waals surface area contributed by atoms with E-state index in [1.54, 1.807) is 19.9 Å². The third-order valence-electron chi connectivity index (χ3n) is 2.48. The van der Waals surface area contributed by atoms with Gasteiger partial charge < -0.3 is 14.6 Å². The molecule has 1 N–H and O–H groups in total. The second-order valence-corrected chi connectivity index (χ2v) is 3.84. The van der Waals surface area contributed by atoms with E-state index in [-0.39, 0.29) is 18.0 Å². The summed E-state index contributed by atoms with van der Waals surface area (Å²) in [5, 5.41) is 9.70. The number of carbonyl (C=O) groups is 1. The largest absolute Gasteiger partial charge is 0.463 e. The van der Waals surface area contributed by atoms with Crippen LogP contribution in [0.15, 0.2) is 11.6 Å². The summed E-state index contributed by atoms with van der Waals surface area (Å²) in [6, 6.07) is 0. The SMILES string of the molecule is CCOC(=O)/C(C)=C/[C@@H]1OC[C@H](C)[C@H]1O. The fraction of sp³-hybridized carbons (Fsp3) is 0.727. The van der Waals surface area contributed by atoms with Crippen LogP contribution in [0.3, 0.4) is 0 Å². The second kappa shape index (κ2) is 5.28. The molecule has 0 saturated carbocycles. The molecule has 1 saturated heterocycles. The second-order valence-electron chi connectivity index (χ2n) is 3.84. The average molecular weight is 214 g/mol. The molecule has 86 valence electrons. The first-order valence-corrected chi connectivity index (χ1v) is 5.21. The lowest BCUT2D eigenvalue weighted by Gasteiger charge is -2.12. The summed E-state index contributed by atoms with van der Waals surface area (Å²) >= 11 is 0. The molecule has 0 aromatic rings. The highest BCUT2D eigenvalue weighted by Crippen LogP contribution is 2.21. The van der Waals surface area contributed by atoms with Gasteiger partial charge in [-0.05, 0) is 19.9 Å². The molecule has 0 radical (unpaired) electrons. The summed E-state index contributed by atoms with van der Waals surface area (Å²) in [4.78, 5) is 11.3. The van der Waals surface area contributed by atoms with E-state index in [1.165, 1.54) is 0 Å². The van der Waals surface area contributed by atoms with Gasteiger partial charge in [-0.15, -0.1) is 0 Å². The molecule has 15 heavy (non-hydrogen) atoms. The first kappa shape index (κ1) is 12.2. The van der Waals surface area contributed by atoms with Crippen LogP contribution in [-0.2, 0) is 14.3 Å². The zero-order chi connectivity index (χ0) is 11.4. The maximum atomic E-state index is 11.3. The van der Waals surface area contributed by atoms with Crippen LogP contribution in [0.25, 0.3) is 0 Å². The Morgan fingerprint density at radius 2 is 2.33 bits per heavy atom. The predicted octanol–water partition coefficient (Wildman–Crippen LogP) is 0.892. The molecule has 1 fully saturated rings. The summed E-state index contributed by atoms with van der Waals surface area (Å²) in [6.45, 7) is 6.22. The lowest BCUT2D eigenvalue weighted by Crippen LogP contribution is -2.24. The van der Waals surface area contributed by atoms with Crippen LogP contribution in [0.5, 0.6) is 0 Å². The Labute approximate surface area is 89.9 Å². The van der Waals surface area contributed by atoms with E-state index < -0.39 is 6.10 Å². The molecule has 3 atom stereocenters. The summed E-state index contributed by atoms with van der Waals surface area (Å²) in [6.07, 6.45) is 0.713. The van der Waals surface area contributed by atoms with E-state index >= 15 is 0 Å². The molecular formula is C11H18O4. The predicted molar refractivity (Wildman–Crippen MR) is 55.3 cm³/mol. The Morgan fingerprint density at radius 3 is 2.80 bits per heavy atom. The third-order valence-corrected chi connectivity index (χ3v) is 2.48. The molecule has 0 spiro atoms. The quantitative estimate of drug-likeness (QED) is 0.560. The number of rotatable bonds is 3. The van der Waals surface area contributed by atoms with Crippen molar-refractivity contribution < 1.29 is 19.4 Å². The number of ether oxygens (including phenoxy) is 2. The normalized spacial score (nSPS) is 31.7. The van der Waals surface area contributed by atoms with Crippen LogP contribution in [0.1, 0.15) is 20.8 Å². The Balaban J connectivity index is 2.59. The van der Waals surface area contributed by atoms with Crippen molar-refractivity contribution in [2.45, 2.75) is 33.0 Å². The standard InChI is InChI=1S/C11H18O4/c1-4-14-11(13)7(2)5-9-10(12)8(3)6-15-9/h5,8-10,12H,4,6H2,1-3H3/b7-5+/t8-,9-,10+/m0/s1. The van der Waals surface area contributed by atoms with Gasteiger partial charge in [0.05, 0.1) is 19.3 Å². The fourth-order valence-corrected chi connectivity index (χ4v) is 1.49. The van der Waals surface area contributed by atoms with Crippen LogP contribution >= 0.6 is 0 Å². The van der Waals surface area contributed by atoms with E-state index in [9.17, 15) is 9.90 Å². The first-order valence-electron chi connectivity index (χ1n) is 5.21. The smallest absolute Gasteiger partial charge is 0.333 e. The molecule has 1 rings (SSSR count). The molecule has 1 aliphatic rings. The number of carbonyl (C=O) groups excluding carboxylic acids is 1. The molecule has 4 heteroatoms. The van der Waals surface area contributed by atoms with Crippen molar-refractivity contribution in [2.24, 2.45) is 5.92 Å². The van der Waals surface area contributed by atoms with E-state index in [4.69, 9.17) is 9.47 Å². The molecule has 1 aliphatic heterocycles. The molecule has 0 aliphatic carbocycles. The number of esters is 1. The Hall–Kier alpha value is -0.870. The minimum absolute atomic E-state index is 0.112. The van der Waals surface area contributed by atoms with Gasteiger partial charge in [0.2, 0.25) is 0 Å². The van der Waals surface area contributed by atoms with Gasteiger partial charge in [-0.1, -0.05) is 6.92 Å². The summed E-state index contributed by atoms with van der Waals surface area (Å²) in [5.74, 6) is -0.242. The number of aliphatic hydroxyl groups is 1. The van der Waals surface area contributed by atoms with Crippen molar-refractivity contribution in [1.82, 2.24) is 0 Å². The Kier molecular flexibility index (Phi) is 4.29. The van der Waals surface area contributed by atoms with Gasteiger partial charge >= 0.3 is 5.97 Å². The van der Waals surface area contributed by atoms with Crippen molar-refractivity contribution in [1.29, 1.82) is 0 Å². The van der Waals surface area contributed by atoms with E-state index in [0.717, 1.165) is 0 Å². The van der Waals surface area contributed by atoms with Gasteiger partial charge in [-0.3, -0.25) is 0 Å². The van der Waals surface area contributed by atoms with Gasteiger partial charge in [0.1, 0.15) is 6.10 Å². The van der Waals surface area contributed by atoms with Crippen molar-refractivity contribution in [2.75, 3.05) is 13.2 Å². The van der Waals surface area contributed by atoms with E-state index in [2.05, 4.69) is 0 Å². The van der Waals surface area contributed by atoms with Crippen LogP contribution in [-0.4, -0.2) is 36.5 Å². The molecular weight excluding hydrogens is 196 g/mol. The number of hydrogen-bond donors (Lipinski definition) is 1. The fourth-order valence-electron chi connectivity index (χ4n) is 1.49. The van der Waals surface area contributed by atoms with Crippen molar-refractivity contribution in [3.63, 3.8) is 0 Å². The average Bonchev–Trinajstić information content (AvgIpc) is 2.50. The zero-order valence-corrected chi connectivity index (χ0v) is 9.40. The summed E-state index contributed by atoms with van der Waals surface area (Å²) < 4.78 is 10.2. The molecule has 0 unspecified atom stereocenters. The lowest BCUT2D eigenvalue weighted by atomic mass is 10.0. The molecule has 1 heterocycles. The first-order chi connectivity index (χ1) is 7.06. The highest BCUT2D eigenvalue weighted by Gasteiger charge is 2.31. The molecule has 0 amide bonds. The van der Waals surface area contributed by atoms with Gasteiger partial charge in [0.15, 0.2) is 0 Å². The van der Waals surface area contributed by atoms with Crippen molar-refractivity contribution in [3.8, 4) is 0 Å². The molecule has 0 aromatic heterocycles. The topological polar surface area (TPSA) is 55.8 Å². The highest BCUT2D eigenvalue weighted by atomic mass is 16.5.